The summed E-state index contributed by atoms with van der Waals surface area (Å²) in [6.07, 6.45) is 10.6. The average Bonchev–Trinajstić information content (AvgIpc) is 3.00. The van der Waals surface area contributed by atoms with Crippen molar-refractivity contribution in [3.63, 3.8) is 0 Å². The lowest BCUT2D eigenvalue weighted by molar-refractivity contribution is -0.210. The SMILES string of the molecule is CC(=O)O[C@@H]1CC[C@]2(C)[C@H](CC[C@]3(C)[C@@H]2C(=O)C=C2[C@@H]4C[C@](C)(C(=O)Nc5cccc6ccccc56)CC[C@]4(C)CC[C@]23C)C1(C)C. The predicted octanol–water partition coefficient (Wildman–Crippen LogP) is 9.69. The van der Waals surface area contributed by atoms with E-state index in [1.165, 1.54) is 12.5 Å². The summed E-state index contributed by atoms with van der Waals surface area (Å²) >= 11 is 0. The Morgan fingerprint density at radius 3 is 2.28 bits per heavy atom. The second kappa shape index (κ2) is 10.5. The van der Waals surface area contributed by atoms with E-state index in [9.17, 15) is 14.4 Å². The van der Waals surface area contributed by atoms with Crippen LogP contribution in [0, 0.1) is 50.2 Å². The predicted molar refractivity (Wildman–Crippen MR) is 188 cm³/mol. The quantitative estimate of drug-likeness (QED) is 0.340. The molecule has 2 aromatic carbocycles. The van der Waals surface area contributed by atoms with Gasteiger partial charge in [-0.15, -0.1) is 0 Å². The molecule has 5 aliphatic rings. The maximum atomic E-state index is 14.8. The second-order valence-electron chi connectivity index (χ2n) is 18.2. The highest BCUT2D eigenvalue weighted by atomic mass is 16.5. The van der Waals surface area contributed by atoms with Gasteiger partial charge >= 0.3 is 5.97 Å². The summed E-state index contributed by atoms with van der Waals surface area (Å²) in [6.45, 7) is 17.9. The zero-order valence-corrected chi connectivity index (χ0v) is 29.9. The van der Waals surface area contributed by atoms with Crippen LogP contribution in [0.25, 0.3) is 10.8 Å². The van der Waals surface area contributed by atoms with E-state index in [1.54, 1.807) is 0 Å². The molecule has 252 valence electrons. The van der Waals surface area contributed by atoms with Crippen LogP contribution in [0.15, 0.2) is 54.1 Å². The van der Waals surface area contributed by atoms with Gasteiger partial charge in [0.15, 0.2) is 5.78 Å². The molecule has 2 aromatic rings. The number of esters is 1. The number of carbonyl (C=O) groups excluding carboxylic acids is 3. The maximum absolute atomic E-state index is 14.8. The number of hydrogen-bond donors (Lipinski definition) is 1. The summed E-state index contributed by atoms with van der Waals surface area (Å²) in [6, 6.07) is 14.3. The summed E-state index contributed by atoms with van der Waals surface area (Å²) in [5.74, 6) is 0.617. The smallest absolute Gasteiger partial charge is 0.302 e. The summed E-state index contributed by atoms with van der Waals surface area (Å²) in [7, 11) is 0. The third kappa shape index (κ3) is 4.57. The molecule has 5 nitrogen and oxygen atoms in total. The first-order chi connectivity index (χ1) is 22.0. The Hall–Kier alpha value is -2.95. The van der Waals surface area contributed by atoms with Crippen LogP contribution in [0.3, 0.4) is 0 Å². The molecule has 47 heavy (non-hydrogen) atoms. The van der Waals surface area contributed by atoms with Gasteiger partial charge in [-0.25, -0.2) is 0 Å². The van der Waals surface area contributed by atoms with E-state index in [4.69, 9.17) is 4.74 Å². The number of ether oxygens (including phenoxy) is 1. The summed E-state index contributed by atoms with van der Waals surface area (Å²) in [4.78, 5) is 41.0. The fraction of sp³-hybridized carbons (Fsp3) is 0.643. The highest BCUT2D eigenvalue weighted by molar-refractivity contribution is 6.04. The minimum absolute atomic E-state index is 0.0611. The molecule has 0 aliphatic heterocycles. The number of allylic oxidation sites excluding steroid dienone is 2. The first-order valence-electron chi connectivity index (χ1n) is 18.2. The molecule has 0 spiro atoms. The number of amides is 1. The van der Waals surface area contributed by atoms with Gasteiger partial charge in [0.2, 0.25) is 5.91 Å². The molecule has 5 heteroatoms. The molecule has 9 atom stereocenters. The molecular weight excluding hydrogens is 582 g/mol. The van der Waals surface area contributed by atoms with E-state index in [0.717, 1.165) is 74.2 Å². The zero-order chi connectivity index (χ0) is 33.8. The van der Waals surface area contributed by atoms with Crippen LogP contribution < -0.4 is 5.32 Å². The Labute approximate surface area is 281 Å². The number of rotatable bonds is 3. The molecule has 0 bridgehead atoms. The number of ketones is 1. The van der Waals surface area contributed by atoms with Crippen molar-refractivity contribution in [2.24, 2.45) is 50.2 Å². The van der Waals surface area contributed by atoms with E-state index >= 15 is 0 Å². The number of fused-ring (bicyclic) bond motifs is 8. The molecule has 7 rings (SSSR count). The van der Waals surface area contributed by atoms with Crippen molar-refractivity contribution in [2.75, 3.05) is 5.32 Å². The molecule has 0 aromatic heterocycles. The van der Waals surface area contributed by atoms with Crippen LogP contribution in [-0.2, 0) is 19.1 Å². The van der Waals surface area contributed by atoms with Gasteiger partial charge in [0.05, 0.1) is 0 Å². The van der Waals surface area contributed by atoms with Crippen LogP contribution in [0.1, 0.15) is 113 Å². The number of carbonyl (C=O) groups is 3. The highest BCUT2D eigenvalue weighted by Crippen LogP contribution is 2.75. The molecule has 1 N–H and O–H groups in total. The monoisotopic (exact) mass is 637 g/mol. The highest BCUT2D eigenvalue weighted by Gasteiger charge is 2.70. The van der Waals surface area contributed by atoms with Crippen LogP contribution in [0.4, 0.5) is 5.69 Å². The van der Waals surface area contributed by atoms with Crippen LogP contribution in [0.2, 0.25) is 0 Å². The summed E-state index contributed by atoms with van der Waals surface area (Å²) in [5.41, 5.74) is 1.13. The Kier molecular flexibility index (Phi) is 7.30. The molecule has 0 heterocycles. The third-order valence-electron chi connectivity index (χ3n) is 15.4. The maximum Gasteiger partial charge on any atom is 0.302 e. The molecule has 4 saturated carbocycles. The van der Waals surface area contributed by atoms with Crippen molar-refractivity contribution in [3.05, 3.63) is 54.1 Å². The average molecular weight is 638 g/mol. The van der Waals surface area contributed by atoms with Gasteiger partial charge in [-0.3, -0.25) is 14.4 Å². The zero-order valence-electron chi connectivity index (χ0n) is 29.9. The number of benzene rings is 2. The van der Waals surface area contributed by atoms with Crippen molar-refractivity contribution < 1.29 is 19.1 Å². The van der Waals surface area contributed by atoms with Crippen molar-refractivity contribution in [1.29, 1.82) is 0 Å². The number of hydrogen-bond acceptors (Lipinski definition) is 4. The van der Waals surface area contributed by atoms with Gasteiger partial charge in [0.1, 0.15) is 6.10 Å². The van der Waals surface area contributed by atoms with E-state index in [-0.39, 0.29) is 56.9 Å². The Morgan fingerprint density at radius 1 is 0.830 bits per heavy atom. The topological polar surface area (TPSA) is 72.5 Å². The van der Waals surface area contributed by atoms with Crippen molar-refractivity contribution in [1.82, 2.24) is 0 Å². The second-order valence-corrected chi connectivity index (χ2v) is 18.2. The van der Waals surface area contributed by atoms with Gasteiger partial charge < -0.3 is 10.1 Å². The molecule has 5 aliphatic carbocycles. The van der Waals surface area contributed by atoms with Crippen molar-refractivity contribution >= 4 is 34.1 Å². The van der Waals surface area contributed by atoms with E-state index in [1.807, 2.05) is 24.3 Å². The van der Waals surface area contributed by atoms with Gasteiger partial charge in [-0.2, -0.15) is 0 Å². The Morgan fingerprint density at radius 2 is 1.53 bits per heavy atom. The third-order valence-corrected chi connectivity index (χ3v) is 15.4. The van der Waals surface area contributed by atoms with Gasteiger partial charge in [-0.1, -0.05) is 90.4 Å². The molecular formula is C42H55NO4. The molecule has 1 amide bonds. The minimum atomic E-state index is -0.524. The van der Waals surface area contributed by atoms with Crippen molar-refractivity contribution in [3.8, 4) is 0 Å². The molecule has 0 saturated heterocycles. The molecule has 4 fully saturated rings. The van der Waals surface area contributed by atoms with Crippen LogP contribution in [-0.4, -0.2) is 23.8 Å². The lowest BCUT2D eigenvalue weighted by atomic mass is 9.33. The summed E-state index contributed by atoms with van der Waals surface area (Å²) in [5, 5.41) is 5.53. The lowest BCUT2D eigenvalue weighted by Crippen LogP contribution is -2.66. The van der Waals surface area contributed by atoms with Gasteiger partial charge in [-0.05, 0) is 109 Å². The van der Waals surface area contributed by atoms with E-state index in [0.29, 0.717) is 11.7 Å². The fourth-order valence-corrected chi connectivity index (χ4v) is 12.4. The Bertz CT molecular complexity index is 1680. The van der Waals surface area contributed by atoms with E-state index < -0.39 is 5.41 Å². The fourth-order valence-electron chi connectivity index (χ4n) is 12.4. The number of nitrogens with one attached hydrogen (secondary N) is 1. The largest absolute Gasteiger partial charge is 0.462 e. The van der Waals surface area contributed by atoms with Crippen LogP contribution >= 0.6 is 0 Å². The van der Waals surface area contributed by atoms with E-state index in [2.05, 4.69) is 78.1 Å². The normalized spacial score (nSPS) is 42.2. The number of anilines is 1. The lowest BCUT2D eigenvalue weighted by Gasteiger charge is -2.70. The Balaban J connectivity index is 1.22. The molecule has 0 radical (unpaired) electrons. The van der Waals surface area contributed by atoms with Gasteiger partial charge in [0.25, 0.3) is 0 Å². The van der Waals surface area contributed by atoms with Gasteiger partial charge in [0, 0.05) is 34.7 Å². The standard InChI is InChI=1S/C42H55NO4/c1-26(44)47-34-17-18-40(6)33(37(34,2)3)16-19-42(8)35(40)32(45)24-29-30-25-39(5,21-20-38(30,4)22-23-41(29,42)7)36(46)43-31-15-11-13-27-12-9-10-14-28(27)31/h9-15,24,30,33-35H,16-23,25H2,1-8H3,(H,43,46)/t30-,33+,34+,35+,38+,39+,40+,41+,42+/m0/s1. The minimum Gasteiger partial charge on any atom is -0.462 e. The molecule has 0 unspecified atom stereocenters. The first kappa shape index (κ1) is 32.6. The summed E-state index contributed by atoms with van der Waals surface area (Å²) < 4.78 is 5.89. The van der Waals surface area contributed by atoms with Crippen molar-refractivity contribution in [2.45, 2.75) is 119 Å². The van der Waals surface area contributed by atoms with Crippen LogP contribution in [0.5, 0.6) is 0 Å². The first-order valence-corrected chi connectivity index (χ1v) is 18.2.